The predicted molar refractivity (Wildman–Crippen MR) is 132 cm³/mol. The molecule has 3 heterocycles. The number of nitrogens with one attached hydrogen (secondary N) is 2. The number of aryl methyl sites for hydroxylation is 1. The van der Waals surface area contributed by atoms with Crippen molar-refractivity contribution in [1.82, 2.24) is 25.1 Å². The molecule has 34 heavy (non-hydrogen) atoms. The summed E-state index contributed by atoms with van der Waals surface area (Å²) in [6.45, 7) is 3.78. The van der Waals surface area contributed by atoms with Crippen LogP contribution in [0.15, 0.2) is 48.8 Å². The third-order valence-corrected chi connectivity index (χ3v) is 6.29. The zero-order valence-electron chi connectivity index (χ0n) is 19.2. The number of ether oxygens (including phenoxy) is 1. The summed E-state index contributed by atoms with van der Waals surface area (Å²) in [6.07, 6.45) is 3.41. The maximum atomic E-state index is 12.8. The van der Waals surface area contributed by atoms with Crippen molar-refractivity contribution in [2.75, 3.05) is 31.2 Å². The highest BCUT2D eigenvalue weighted by atomic mass is 16.5. The van der Waals surface area contributed by atoms with E-state index in [1.165, 1.54) is 6.33 Å². The first-order chi connectivity index (χ1) is 16.6. The molecule has 0 atom stereocenters. The van der Waals surface area contributed by atoms with Crippen LogP contribution in [0.5, 0.6) is 5.75 Å². The van der Waals surface area contributed by atoms with Gasteiger partial charge in [0.05, 0.1) is 24.2 Å². The highest BCUT2D eigenvalue weighted by molar-refractivity contribution is 6.06. The van der Waals surface area contributed by atoms with E-state index in [2.05, 4.69) is 20.6 Å². The van der Waals surface area contributed by atoms with E-state index in [1.54, 1.807) is 13.2 Å². The Kier molecular flexibility index (Phi) is 5.85. The maximum absolute atomic E-state index is 12.8. The molecule has 4 N–H and O–H groups in total. The van der Waals surface area contributed by atoms with E-state index >= 15 is 0 Å². The average Bonchev–Trinajstić information content (AvgIpc) is 3.26. The topological polar surface area (TPSA) is 120 Å². The predicted octanol–water partition coefficient (Wildman–Crippen LogP) is 3.57. The number of rotatable bonds is 5. The minimum Gasteiger partial charge on any atom is -0.495 e. The monoisotopic (exact) mass is 457 g/mol. The van der Waals surface area contributed by atoms with E-state index in [1.807, 2.05) is 48.0 Å². The SMILES string of the molecule is COc1cc(-c2nn(C3CCNCC3)c3ncnc(N)c23)ccc1NC(=O)c1ccccc1C. The molecule has 0 aliphatic carbocycles. The van der Waals surface area contributed by atoms with Crippen LogP contribution in [0, 0.1) is 6.92 Å². The second kappa shape index (κ2) is 9.11. The molecule has 4 aromatic rings. The highest BCUT2D eigenvalue weighted by Crippen LogP contribution is 2.37. The van der Waals surface area contributed by atoms with Crippen LogP contribution in [0.1, 0.15) is 34.8 Å². The number of benzene rings is 2. The number of nitrogen functional groups attached to an aromatic ring is 1. The normalized spacial score (nSPS) is 14.3. The number of anilines is 2. The number of methoxy groups -OCH3 is 1. The van der Waals surface area contributed by atoms with Crippen LogP contribution in [0.3, 0.4) is 0 Å². The van der Waals surface area contributed by atoms with Gasteiger partial charge in [0.1, 0.15) is 23.6 Å². The Morgan fingerprint density at radius 2 is 1.97 bits per heavy atom. The molecular weight excluding hydrogens is 430 g/mol. The smallest absolute Gasteiger partial charge is 0.256 e. The number of amides is 1. The molecule has 1 fully saturated rings. The van der Waals surface area contributed by atoms with E-state index in [-0.39, 0.29) is 11.9 Å². The summed E-state index contributed by atoms with van der Waals surface area (Å²) in [7, 11) is 1.58. The van der Waals surface area contributed by atoms with Crippen LogP contribution in [-0.2, 0) is 0 Å². The quantitative estimate of drug-likeness (QED) is 0.419. The van der Waals surface area contributed by atoms with E-state index in [4.69, 9.17) is 15.6 Å². The summed E-state index contributed by atoms with van der Waals surface area (Å²) in [6, 6.07) is 13.3. The third kappa shape index (κ3) is 3.94. The van der Waals surface area contributed by atoms with Crippen molar-refractivity contribution in [2.24, 2.45) is 0 Å². The van der Waals surface area contributed by atoms with Gasteiger partial charge in [-0.2, -0.15) is 5.10 Å². The Balaban J connectivity index is 1.54. The Morgan fingerprint density at radius 1 is 1.18 bits per heavy atom. The van der Waals surface area contributed by atoms with Crippen LogP contribution < -0.4 is 21.1 Å². The lowest BCUT2D eigenvalue weighted by molar-refractivity contribution is 0.102. The number of hydrogen-bond donors (Lipinski definition) is 3. The first kappa shape index (κ1) is 21.8. The summed E-state index contributed by atoms with van der Waals surface area (Å²) in [5.41, 5.74) is 10.6. The molecular formula is C25H27N7O2. The van der Waals surface area contributed by atoms with E-state index in [0.29, 0.717) is 28.5 Å². The number of fused-ring (bicyclic) bond motifs is 1. The zero-order valence-corrected chi connectivity index (χ0v) is 19.2. The van der Waals surface area contributed by atoms with Crippen LogP contribution in [0.4, 0.5) is 11.5 Å². The van der Waals surface area contributed by atoms with Crippen molar-refractivity contribution >= 4 is 28.4 Å². The number of carbonyl (C=O) groups is 1. The molecule has 0 radical (unpaired) electrons. The highest BCUT2D eigenvalue weighted by Gasteiger charge is 2.24. The Morgan fingerprint density at radius 3 is 2.74 bits per heavy atom. The van der Waals surface area contributed by atoms with Gasteiger partial charge in [-0.15, -0.1) is 0 Å². The summed E-state index contributed by atoms with van der Waals surface area (Å²) >= 11 is 0. The van der Waals surface area contributed by atoms with Crippen molar-refractivity contribution in [3.8, 4) is 17.0 Å². The van der Waals surface area contributed by atoms with E-state index in [9.17, 15) is 4.79 Å². The third-order valence-electron chi connectivity index (χ3n) is 6.29. The lowest BCUT2D eigenvalue weighted by Crippen LogP contribution is -2.30. The summed E-state index contributed by atoms with van der Waals surface area (Å²) in [4.78, 5) is 21.5. The summed E-state index contributed by atoms with van der Waals surface area (Å²) in [5, 5.41) is 12.0. The Bertz CT molecular complexity index is 1360. The van der Waals surface area contributed by atoms with Gasteiger partial charge >= 0.3 is 0 Å². The standard InChI is InChI=1S/C25H27N7O2/c1-15-5-3-4-6-18(15)25(33)30-19-8-7-16(13-20(19)34-2)22-21-23(26)28-14-29-24(21)32(31-22)17-9-11-27-12-10-17/h3-8,13-14,17,27H,9-12H2,1-2H3,(H,30,33)(H2,26,28,29). The fourth-order valence-corrected chi connectivity index (χ4v) is 4.46. The number of hydrogen-bond acceptors (Lipinski definition) is 7. The van der Waals surface area contributed by atoms with Crippen molar-refractivity contribution in [3.05, 3.63) is 59.9 Å². The lowest BCUT2D eigenvalue weighted by Gasteiger charge is -2.23. The molecule has 2 aromatic carbocycles. The molecule has 0 unspecified atom stereocenters. The molecule has 9 nitrogen and oxygen atoms in total. The first-order valence-electron chi connectivity index (χ1n) is 11.3. The van der Waals surface area contributed by atoms with Crippen LogP contribution in [0.2, 0.25) is 0 Å². The van der Waals surface area contributed by atoms with Crippen LogP contribution in [0.25, 0.3) is 22.3 Å². The number of nitrogens with two attached hydrogens (primary N) is 1. The first-order valence-corrected chi connectivity index (χ1v) is 11.3. The molecule has 1 aliphatic rings. The molecule has 1 amide bonds. The van der Waals surface area contributed by atoms with Gasteiger partial charge in [0.15, 0.2) is 5.65 Å². The molecule has 0 spiro atoms. The molecule has 5 rings (SSSR count). The fraction of sp³-hybridized carbons (Fsp3) is 0.280. The van der Waals surface area contributed by atoms with Crippen LogP contribution in [-0.4, -0.2) is 45.9 Å². The maximum Gasteiger partial charge on any atom is 0.256 e. The minimum atomic E-state index is -0.192. The Labute approximate surface area is 197 Å². The summed E-state index contributed by atoms with van der Waals surface area (Å²) in [5.74, 6) is 0.720. The van der Waals surface area contributed by atoms with E-state index in [0.717, 1.165) is 48.1 Å². The zero-order chi connectivity index (χ0) is 23.7. The second-order valence-electron chi connectivity index (χ2n) is 8.42. The number of nitrogens with zero attached hydrogens (tertiary/aromatic N) is 4. The van der Waals surface area contributed by atoms with Gasteiger partial charge in [0, 0.05) is 11.1 Å². The van der Waals surface area contributed by atoms with Gasteiger partial charge in [-0.25, -0.2) is 14.6 Å². The molecule has 174 valence electrons. The molecule has 9 heteroatoms. The number of piperidine rings is 1. The minimum absolute atomic E-state index is 0.192. The number of carbonyl (C=O) groups excluding carboxylic acids is 1. The van der Waals surface area contributed by atoms with Crippen molar-refractivity contribution in [2.45, 2.75) is 25.8 Å². The van der Waals surface area contributed by atoms with Gasteiger partial charge in [0.25, 0.3) is 5.91 Å². The molecule has 1 aliphatic heterocycles. The van der Waals surface area contributed by atoms with Gasteiger partial charge in [-0.05, 0) is 56.6 Å². The molecule has 0 saturated carbocycles. The van der Waals surface area contributed by atoms with Gasteiger partial charge in [0.2, 0.25) is 0 Å². The van der Waals surface area contributed by atoms with Gasteiger partial charge < -0.3 is 21.1 Å². The van der Waals surface area contributed by atoms with Crippen molar-refractivity contribution in [3.63, 3.8) is 0 Å². The Hall–Kier alpha value is -3.98. The van der Waals surface area contributed by atoms with Crippen LogP contribution >= 0.6 is 0 Å². The largest absolute Gasteiger partial charge is 0.495 e. The van der Waals surface area contributed by atoms with Gasteiger partial charge in [-0.1, -0.05) is 24.3 Å². The van der Waals surface area contributed by atoms with Crippen molar-refractivity contribution < 1.29 is 9.53 Å². The van der Waals surface area contributed by atoms with E-state index < -0.39 is 0 Å². The number of aromatic nitrogens is 4. The van der Waals surface area contributed by atoms with Gasteiger partial charge in [-0.3, -0.25) is 4.79 Å². The fourth-order valence-electron chi connectivity index (χ4n) is 4.46. The molecule has 2 aromatic heterocycles. The summed E-state index contributed by atoms with van der Waals surface area (Å²) < 4.78 is 7.60. The van der Waals surface area contributed by atoms with Crippen molar-refractivity contribution in [1.29, 1.82) is 0 Å². The average molecular weight is 458 g/mol. The lowest BCUT2D eigenvalue weighted by atomic mass is 10.1. The molecule has 1 saturated heterocycles. The molecule has 0 bridgehead atoms. The second-order valence-corrected chi connectivity index (χ2v) is 8.42.